The quantitative estimate of drug-likeness (QED) is 0.488. The van der Waals surface area contributed by atoms with Gasteiger partial charge < -0.3 is 19.5 Å². The molecular weight excluding hydrogens is 412 g/mol. The molecule has 0 aliphatic rings. The number of hydrogen-bond donors (Lipinski definition) is 2. The van der Waals surface area contributed by atoms with Crippen LogP contribution in [0.4, 0.5) is 15.3 Å². The van der Waals surface area contributed by atoms with Crippen molar-refractivity contribution in [2.75, 3.05) is 12.4 Å². The van der Waals surface area contributed by atoms with Crippen molar-refractivity contribution in [2.45, 2.75) is 52.4 Å². The molecule has 8 heteroatoms. The molecule has 32 heavy (non-hydrogen) atoms. The first-order valence-corrected chi connectivity index (χ1v) is 10.2. The molecule has 2 amide bonds. The lowest BCUT2D eigenvalue weighted by atomic mass is 10.0. The Kier molecular flexibility index (Phi) is 8.63. The van der Waals surface area contributed by atoms with Gasteiger partial charge in [0.15, 0.2) is 0 Å². The van der Waals surface area contributed by atoms with Crippen molar-refractivity contribution in [3.63, 3.8) is 0 Å². The number of rotatable bonds is 7. The first-order valence-electron chi connectivity index (χ1n) is 10.2. The molecule has 1 atom stereocenters. The number of benzene rings is 2. The summed E-state index contributed by atoms with van der Waals surface area (Å²) in [5.74, 6) is -0.588. The standard InChI is InChI=1S/C24H30N2O6/c1-16-13-18(11-12-19(16)25-23(29)32-24(2,3)4)14-20(21(27)30-5)26-22(28)31-15-17-9-7-6-8-10-17/h6-13,20H,14-15H2,1-5H3,(H,25,29)(H,26,28)/t20-/m0/s1. The second kappa shape index (κ2) is 11.2. The van der Waals surface area contributed by atoms with Gasteiger partial charge in [0, 0.05) is 12.1 Å². The summed E-state index contributed by atoms with van der Waals surface area (Å²) in [6.45, 7) is 7.27. The van der Waals surface area contributed by atoms with Crippen LogP contribution in [0.3, 0.4) is 0 Å². The van der Waals surface area contributed by atoms with Gasteiger partial charge in [-0.3, -0.25) is 5.32 Å². The summed E-state index contributed by atoms with van der Waals surface area (Å²) < 4.78 is 15.3. The number of hydrogen-bond acceptors (Lipinski definition) is 6. The number of nitrogens with one attached hydrogen (secondary N) is 2. The van der Waals surface area contributed by atoms with Gasteiger partial charge in [0.2, 0.25) is 0 Å². The predicted octanol–water partition coefficient (Wildman–Crippen LogP) is 4.35. The highest BCUT2D eigenvalue weighted by Gasteiger charge is 2.23. The van der Waals surface area contributed by atoms with Gasteiger partial charge in [-0.05, 0) is 50.5 Å². The fourth-order valence-corrected chi connectivity index (χ4v) is 2.88. The van der Waals surface area contributed by atoms with E-state index in [0.717, 1.165) is 16.7 Å². The maximum Gasteiger partial charge on any atom is 0.412 e. The molecule has 0 radical (unpaired) electrons. The summed E-state index contributed by atoms with van der Waals surface area (Å²) in [6.07, 6.45) is -1.08. The molecule has 0 saturated carbocycles. The minimum Gasteiger partial charge on any atom is -0.467 e. The van der Waals surface area contributed by atoms with E-state index in [1.807, 2.05) is 43.3 Å². The Labute approximate surface area is 188 Å². The lowest BCUT2D eigenvalue weighted by Gasteiger charge is -2.20. The third kappa shape index (κ3) is 8.29. The van der Waals surface area contributed by atoms with Crippen LogP contribution in [0.15, 0.2) is 48.5 Å². The highest BCUT2D eigenvalue weighted by Crippen LogP contribution is 2.19. The van der Waals surface area contributed by atoms with Crippen molar-refractivity contribution < 1.29 is 28.6 Å². The van der Waals surface area contributed by atoms with Crippen molar-refractivity contribution in [3.8, 4) is 0 Å². The Morgan fingerprint density at radius 2 is 1.66 bits per heavy atom. The van der Waals surface area contributed by atoms with E-state index in [1.54, 1.807) is 32.9 Å². The fraction of sp³-hybridized carbons (Fsp3) is 0.375. The first kappa shape index (κ1) is 24.7. The van der Waals surface area contributed by atoms with E-state index in [4.69, 9.17) is 14.2 Å². The van der Waals surface area contributed by atoms with E-state index in [9.17, 15) is 14.4 Å². The van der Waals surface area contributed by atoms with Crippen molar-refractivity contribution in [3.05, 3.63) is 65.2 Å². The Balaban J connectivity index is 2.00. The molecule has 172 valence electrons. The summed E-state index contributed by atoms with van der Waals surface area (Å²) in [5.41, 5.74) is 2.38. The highest BCUT2D eigenvalue weighted by atomic mass is 16.6. The van der Waals surface area contributed by atoms with Crippen LogP contribution < -0.4 is 10.6 Å². The topological polar surface area (TPSA) is 103 Å². The molecule has 2 aromatic rings. The molecule has 0 heterocycles. The van der Waals surface area contributed by atoms with Gasteiger partial charge >= 0.3 is 18.2 Å². The number of carbonyl (C=O) groups is 3. The lowest BCUT2D eigenvalue weighted by molar-refractivity contribution is -0.143. The van der Waals surface area contributed by atoms with Gasteiger partial charge in [-0.15, -0.1) is 0 Å². The normalized spacial score (nSPS) is 11.8. The number of carbonyl (C=O) groups excluding carboxylic acids is 3. The largest absolute Gasteiger partial charge is 0.467 e. The van der Waals surface area contributed by atoms with E-state index >= 15 is 0 Å². The van der Waals surface area contributed by atoms with Crippen LogP contribution in [-0.4, -0.2) is 36.9 Å². The zero-order valence-corrected chi connectivity index (χ0v) is 19.1. The Morgan fingerprint density at radius 3 is 2.25 bits per heavy atom. The van der Waals surface area contributed by atoms with Crippen LogP contribution in [-0.2, 0) is 32.0 Å². The van der Waals surface area contributed by atoms with E-state index in [1.165, 1.54) is 7.11 Å². The van der Waals surface area contributed by atoms with Crippen LogP contribution in [0.2, 0.25) is 0 Å². The van der Waals surface area contributed by atoms with Gasteiger partial charge in [0.1, 0.15) is 18.2 Å². The molecule has 0 fully saturated rings. The first-order chi connectivity index (χ1) is 15.1. The van der Waals surface area contributed by atoms with Gasteiger partial charge in [0.05, 0.1) is 7.11 Å². The van der Waals surface area contributed by atoms with Crippen molar-refractivity contribution in [2.24, 2.45) is 0 Å². The van der Waals surface area contributed by atoms with Crippen molar-refractivity contribution >= 4 is 23.8 Å². The Hall–Kier alpha value is -3.55. The van der Waals surface area contributed by atoms with Crippen LogP contribution in [0.1, 0.15) is 37.5 Å². The van der Waals surface area contributed by atoms with E-state index < -0.39 is 29.8 Å². The average Bonchev–Trinajstić information content (AvgIpc) is 2.72. The van der Waals surface area contributed by atoms with Gasteiger partial charge in [-0.1, -0.05) is 42.5 Å². The van der Waals surface area contributed by atoms with E-state index in [0.29, 0.717) is 5.69 Å². The van der Waals surface area contributed by atoms with E-state index in [2.05, 4.69) is 10.6 Å². The third-order valence-electron chi connectivity index (χ3n) is 4.36. The Bertz CT molecular complexity index is 937. The maximum absolute atomic E-state index is 12.2. The van der Waals surface area contributed by atoms with Crippen LogP contribution >= 0.6 is 0 Å². The number of ether oxygens (including phenoxy) is 3. The summed E-state index contributed by atoms with van der Waals surface area (Å²) >= 11 is 0. The molecule has 0 unspecified atom stereocenters. The smallest absolute Gasteiger partial charge is 0.412 e. The number of amides is 2. The summed E-state index contributed by atoms with van der Waals surface area (Å²) in [4.78, 5) is 36.4. The van der Waals surface area contributed by atoms with Crippen LogP contribution in [0.25, 0.3) is 0 Å². The zero-order chi connectivity index (χ0) is 23.7. The lowest BCUT2D eigenvalue weighted by Crippen LogP contribution is -2.43. The minimum atomic E-state index is -0.924. The average molecular weight is 443 g/mol. The Morgan fingerprint density at radius 1 is 0.969 bits per heavy atom. The zero-order valence-electron chi connectivity index (χ0n) is 19.1. The molecule has 2 aromatic carbocycles. The monoisotopic (exact) mass is 442 g/mol. The number of anilines is 1. The van der Waals surface area contributed by atoms with Gasteiger partial charge in [0.25, 0.3) is 0 Å². The fourth-order valence-electron chi connectivity index (χ4n) is 2.88. The number of aryl methyl sites for hydroxylation is 1. The minimum absolute atomic E-state index is 0.0880. The SMILES string of the molecule is COC(=O)[C@H](Cc1ccc(NC(=O)OC(C)(C)C)c(C)c1)NC(=O)OCc1ccccc1. The maximum atomic E-state index is 12.2. The molecule has 0 aliphatic heterocycles. The predicted molar refractivity (Wildman–Crippen MR) is 120 cm³/mol. The number of alkyl carbamates (subject to hydrolysis) is 1. The number of methoxy groups -OCH3 is 1. The molecule has 8 nitrogen and oxygen atoms in total. The molecule has 2 rings (SSSR count). The van der Waals surface area contributed by atoms with E-state index in [-0.39, 0.29) is 13.0 Å². The second-order valence-electron chi connectivity index (χ2n) is 8.26. The molecular formula is C24H30N2O6. The molecule has 0 spiro atoms. The van der Waals surface area contributed by atoms with Crippen molar-refractivity contribution in [1.82, 2.24) is 5.32 Å². The second-order valence-corrected chi connectivity index (χ2v) is 8.26. The third-order valence-corrected chi connectivity index (χ3v) is 4.36. The molecule has 0 bridgehead atoms. The molecule has 2 N–H and O–H groups in total. The van der Waals surface area contributed by atoms with Crippen LogP contribution in [0.5, 0.6) is 0 Å². The summed E-state index contributed by atoms with van der Waals surface area (Å²) in [5, 5.41) is 5.26. The van der Waals surface area contributed by atoms with Crippen LogP contribution in [0, 0.1) is 6.92 Å². The van der Waals surface area contributed by atoms with Crippen molar-refractivity contribution in [1.29, 1.82) is 0 Å². The molecule has 0 aliphatic carbocycles. The highest BCUT2D eigenvalue weighted by molar-refractivity contribution is 5.86. The summed E-state index contributed by atoms with van der Waals surface area (Å²) in [6, 6.07) is 13.6. The number of esters is 1. The molecule has 0 aromatic heterocycles. The molecule has 0 saturated heterocycles. The van der Waals surface area contributed by atoms with Gasteiger partial charge in [-0.25, -0.2) is 14.4 Å². The summed E-state index contributed by atoms with van der Waals surface area (Å²) in [7, 11) is 1.26. The van der Waals surface area contributed by atoms with Gasteiger partial charge in [-0.2, -0.15) is 0 Å².